The Bertz CT molecular complexity index is 3210. The van der Waals surface area contributed by atoms with Gasteiger partial charge in [-0.1, -0.05) is 48.5 Å². The van der Waals surface area contributed by atoms with Crippen molar-refractivity contribution in [3.05, 3.63) is 105 Å². The number of benzene rings is 4. The van der Waals surface area contributed by atoms with Crippen LogP contribution in [0.5, 0.6) is 5.75 Å². The topological polar surface area (TPSA) is 451 Å². The zero-order valence-electron chi connectivity index (χ0n) is 49.6. The normalized spacial score (nSPS) is 16.6. The number of rotatable bonds is 33. The van der Waals surface area contributed by atoms with Gasteiger partial charge in [-0.15, -0.1) is 0 Å². The molecule has 5 rings (SSSR count). The van der Waals surface area contributed by atoms with Gasteiger partial charge in [0.2, 0.25) is 41.4 Å². The number of amides is 8. The third-order valence-corrected chi connectivity index (χ3v) is 15.0. The average molecular weight is 1360 g/mol. The number of fused-ring (bicyclic) bond motifs is 1. The molecule has 0 spiro atoms. The van der Waals surface area contributed by atoms with Crippen molar-refractivity contribution in [2.45, 2.75) is 62.7 Å². The number of aliphatic imine (C=N–C) groups is 1. The largest absolute Gasteiger partial charge is 0.507 e. The van der Waals surface area contributed by atoms with Gasteiger partial charge in [-0.3, -0.25) is 67.5 Å². The number of hydrogen-bond acceptors (Lipinski definition) is 17. The number of carboxylic acids is 3. The van der Waals surface area contributed by atoms with Gasteiger partial charge >= 0.3 is 17.9 Å². The molecule has 1 saturated heterocycles. The molecule has 1 fully saturated rings. The molecule has 1 heterocycles. The monoisotopic (exact) mass is 1360 g/mol. The molecule has 1 aliphatic rings. The lowest BCUT2D eigenvalue weighted by Gasteiger charge is -2.32. The number of aromatic hydroxyl groups is 1. The van der Waals surface area contributed by atoms with Crippen LogP contribution in [0.3, 0.4) is 0 Å². The van der Waals surface area contributed by atoms with E-state index in [1.54, 1.807) is 21.9 Å². The molecule has 0 aliphatic carbocycles. The second kappa shape index (κ2) is 37.1. The van der Waals surface area contributed by atoms with Gasteiger partial charge in [-0.05, 0) is 107 Å². The number of phenols is 1. The van der Waals surface area contributed by atoms with E-state index in [4.69, 9.17) is 21.7 Å². The van der Waals surface area contributed by atoms with E-state index in [2.05, 4.69) is 52.8 Å². The summed E-state index contributed by atoms with van der Waals surface area (Å²) in [4.78, 5) is 153. The highest BCUT2D eigenvalue weighted by atomic mass is 127. The zero-order chi connectivity index (χ0) is 65.7. The maximum Gasteiger partial charge on any atom is 0.317 e. The number of halogens is 1. The third-order valence-electron chi connectivity index (χ3n) is 14.1. The van der Waals surface area contributed by atoms with Crippen LogP contribution < -0.4 is 59.3 Å². The first-order valence-electron chi connectivity index (χ1n) is 28.9. The Morgan fingerprint density at radius 3 is 1.91 bits per heavy atom. The number of phenolic OH excluding ortho intramolecular Hbond substituents is 1. The molecule has 0 radical (unpaired) electrons. The highest BCUT2D eigenvalue weighted by Crippen LogP contribution is 2.22. The Hall–Kier alpha value is -9.05. The van der Waals surface area contributed by atoms with Crippen LogP contribution >= 0.6 is 22.6 Å². The van der Waals surface area contributed by atoms with Crippen molar-refractivity contribution in [3.63, 3.8) is 0 Å². The van der Waals surface area contributed by atoms with Crippen LogP contribution in [-0.4, -0.2) is 229 Å². The minimum atomic E-state index is -1.31. The Kier molecular flexibility index (Phi) is 29.5. The van der Waals surface area contributed by atoms with Crippen LogP contribution in [0.1, 0.15) is 47.2 Å². The van der Waals surface area contributed by atoms with Crippen molar-refractivity contribution in [3.8, 4) is 5.75 Å². The first-order chi connectivity index (χ1) is 42.9. The van der Waals surface area contributed by atoms with Gasteiger partial charge < -0.3 is 84.6 Å². The van der Waals surface area contributed by atoms with Crippen molar-refractivity contribution in [2.75, 3.05) is 104 Å². The van der Waals surface area contributed by atoms with Crippen LogP contribution in [0.2, 0.25) is 0 Å². The summed E-state index contributed by atoms with van der Waals surface area (Å²) in [5, 5.41) is 63.6. The fourth-order valence-corrected chi connectivity index (χ4v) is 10.1. The minimum Gasteiger partial charge on any atom is -0.507 e. The number of nitrogens with one attached hydrogen (secondary N) is 9. The molecule has 30 nitrogen and oxygen atoms in total. The highest BCUT2D eigenvalue weighted by Gasteiger charge is 2.36. The molecule has 0 bridgehead atoms. The second-order valence-electron chi connectivity index (χ2n) is 21.1. The van der Waals surface area contributed by atoms with E-state index in [9.17, 15) is 63.0 Å². The number of likely N-dealkylation sites (N-methyl/N-ethyl adjacent to an activating group) is 1. The molecule has 4 atom stereocenters. The highest BCUT2D eigenvalue weighted by molar-refractivity contribution is 14.1. The second-order valence-corrected chi connectivity index (χ2v) is 22.3. The summed E-state index contributed by atoms with van der Waals surface area (Å²) >= 11 is 1.92. The molecule has 17 N–H and O–H groups in total. The van der Waals surface area contributed by atoms with Gasteiger partial charge in [-0.25, -0.2) is 0 Å². The summed E-state index contributed by atoms with van der Waals surface area (Å²) in [6, 6.07) is 18.4. The summed E-state index contributed by atoms with van der Waals surface area (Å²) in [6.45, 7) is -1.25. The van der Waals surface area contributed by atoms with Crippen molar-refractivity contribution < 1.29 is 73.2 Å². The first-order valence-corrected chi connectivity index (χ1v) is 29.9. The molecule has 0 saturated carbocycles. The number of carbonyl (C=O) groups is 11. The molecular formula is C59H78IN15O15. The summed E-state index contributed by atoms with van der Waals surface area (Å²) in [7, 11) is 1.37. The molecule has 90 heavy (non-hydrogen) atoms. The molecule has 4 aromatic carbocycles. The average Bonchev–Trinajstić information content (AvgIpc) is 1.30. The fraction of sp³-hybridized carbons (Fsp3) is 0.424. The summed E-state index contributed by atoms with van der Waals surface area (Å²) < 4.78 is 0.468. The standard InChI is InChI=1S/C59H78IN15O15/c1-73-46(9-5-18-65-54(86)39-13-15-41(16-14-39)69-48(77)30-67-50(79)34-74(22-20-63-32-51(80)81)24-25-75(35-53(84)85)23-21-64-33-52(82)83)57(89)71-43(8-4-19-66-59(61)62)56(88)72-44(28-36-10-12-38-6-2-3-7-40(38)26-36)55(87)68-31-49(78)70-45(58(73)90)29-37-11-17-47(76)42(60)27-37/h2-3,6-7,10-17,26-27,43-46,63-64,76H,4-5,8-9,18-25,28-35H2,1H3,(H,65,86)(H,67,79)(H,68,87)(H,69,77)(H,70,78)(H,71,89)(H,72,88)(H,80,81)(H,82,83)(H,84,85)(H4,61,62,66)/t43-,44-,45+,46+/m0/s1. The number of carbonyl (C=O) groups excluding carboxylic acids is 8. The van der Waals surface area contributed by atoms with Crippen LogP contribution in [0.25, 0.3) is 10.8 Å². The Labute approximate surface area is 532 Å². The molecule has 8 amide bonds. The van der Waals surface area contributed by atoms with Gasteiger partial charge in [0, 0.05) is 83.5 Å². The quantitative estimate of drug-likeness (QED) is 0.0103. The first kappa shape index (κ1) is 71.7. The van der Waals surface area contributed by atoms with Gasteiger partial charge in [0.15, 0.2) is 5.96 Å². The number of guanidine groups is 1. The lowest BCUT2D eigenvalue weighted by atomic mass is 10.00. The lowest BCUT2D eigenvalue weighted by molar-refractivity contribution is -0.142. The molecular weight excluding hydrogens is 1290 g/mol. The Balaban J connectivity index is 1.26. The van der Waals surface area contributed by atoms with Crippen LogP contribution in [-0.2, 0) is 60.8 Å². The van der Waals surface area contributed by atoms with E-state index >= 15 is 0 Å². The van der Waals surface area contributed by atoms with Gasteiger partial charge in [0.05, 0.1) is 42.8 Å². The van der Waals surface area contributed by atoms with E-state index in [0.29, 0.717) is 14.7 Å². The zero-order valence-corrected chi connectivity index (χ0v) is 51.8. The molecule has 4 aromatic rings. The van der Waals surface area contributed by atoms with Gasteiger partial charge in [0.25, 0.3) is 5.91 Å². The van der Waals surface area contributed by atoms with Crippen molar-refractivity contribution in [2.24, 2.45) is 16.5 Å². The maximum absolute atomic E-state index is 14.7. The Morgan fingerprint density at radius 2 is 1.27 bits per heavy atom. The maximum atomic E-state index is 14.7. The summed E-state index contributed by atoms with van der Waals surface area (Å²) in [5.41, 5.74) is 12.8. The van der Waals surface area contributed by atoms with E-state index < -0.39 is 102 Å². The molecule has 0 unspecified atom stereocenters. The number of nitrogens with zero attached hydrogens (tertiary/aromatic N) is 4. The smallest absolute Gasteiger partial charge is 0.317 e. The lowest BCUT2D eigenvalue weighted by Crippen LogP contribution is -2.58. The van der Waals surface area contributed by atoms with Crippen LogP contribution in [0.4, 0.5) is 5.69 Å². The van der Waals surface area contributed by atoms with Crippen LogP contribution in [0.15, 0.2) is 89.9 Å². The number of hydrogen-bond donors (Lipinski definition) is 15. The van der Waals surface area contributed by atoms with E-state index in [0.717, 1.165) is 15.7 Å². The molecule has 1 aliphatic heterocycles. The van der Waals surface area contributed by atoms with Crippen molar-refractivity contribution in [1.82, 2.24) is 57.2 Å². The molecule has 0 aromatic heterocycles. The van der Waals surface area contributed by atoms with Crippen molar-refractivity contribution >= 4 is 110 Å². The molecule has 486 valence electrons. The fourth-order valence-electron chi connectivity index (χ4n) is 9.50. The molecule has 31 heteroatoms. The van der Waals surface area contributed by atoms with Gasteiger partial charge in [-0.2, -0.15) is 0 Å². The Morgan fingerprint density at radius 1 is 0.644 bits per heavy atom. The van der Waals surface area contributed by atoms with Crippen LogP contribution in [0, 0.1) is 3.57 Å². The van der Waals surface area contributed by atoms with Gasteiger partial charge in [0.1, 0.15) is 29.9 Å². The van der Waals surface area contributed by atoms with E-state index in [1.165, 1.54) is 37.4 Å². The third kappa shape index (κ3) is 25.6. The number of aliphatic carboxylic acids is 3. The predicted octanol–water partition coefficient (Wildman–Crippen LogP) is -2.30. The van der Waals surface area contributed by atoms with E-state index in [-0.39, 0.29) is 140 Å². The SMILES string of the molecule is CN1C(=O)[C@@H](Cc2ccc(O)c(I)c2)NC(=O)CNC(=O)[C@H](Cc2ccc3ccccc3c2)NC(=O)[C@H](CCCN=C(N)N)NC(=O)[C@H]1CCCNC(=O)c1ccc(NC(=O)CNC(=O)CN(CCNCC(=O)O)CCN(CCNCC(=O)O)CC(=O)O)cc1. The number of anilines is 1. The van der Waals surface area contributed by atoms with E-state index in [1.807, 2.05) is 65.1 Å². The summed E-state index contributed by atoms with van der Waals surface area (Å²) in [6.07, 6.45) is 0.0857. The number of carboxylic acid groups (broad SMARTS) is 3. The predicted molar refractivity (Wildman–Crippen MR) is 339 cm³/mol. The summed E-state index contributed by atoms with van der Waals surface area (Å²) in [5.74, 6) is -8.92. The van der Waals surface area contributed by atoms with Crippen molar-refractivity contribution in [1.29, 1.82) is 0 Å². The number of nitrogens with two attached hydrogens (primary N) is 2. The minimum absolute atomic E-state index is 0.00968.